The number of sulfonamides is 1. The Balaban J connectivity index is 3.00. The van der Waals surface area contributed by atoms with Crippen molar-refractivity contribution in [2.45, 2.75) is 36.9 Å². The Morgan fingerprint density at radius 2 is 1.65 bits per heavy atom. The molecule has 0 unspecified atom stereocenters. The molecule has 0 aliphatic rings. The van der Waals surface area contributed by atoms with Gasteiger partial charge in [-0.1, -0.05) is 0 Å². The van der Waals surface area contributed by atoms with E-state index in [0.29, 0.717) is 12.1 Å². The summed E-state index contributed by atoms with van der Waals surface area (Å²) in [6.45, 7) is 2.94. The SMILES string of the molecule is CC(C)(CCO)NS(=O)(=O)c1ccc(C(F)(F)F)cc1. The van der Waals surface area contributed by atoms with Crippen LogP contribution in [0.4, 0.5) is 13.2 Å². The molecular formula is C12H16F3NO3S. The van der Waals surface area contributed by atoms with Gasteiger partial charge in [0.1, 0.15) is 0 Å². The first-order valence-electron chi connectivity index (χ1n) is 5.80. The largest absolute Gasteiger partial charge is 0.416 e. The quantitative estimate of drug-likeness (QED) is 0.875. The highest BCUT2D eigenvalue weighted by Crippen LogP contribution is 2.29. The first-order valence-corrected chi connectivity index (χ1v) is 7.28. The molecule has 0 fully saturated rings. The van der Waals surface area contributed by atoms with Gasteiger partial charge in [-0.2, -0.15) is 13.2 Å². The van der Waals surface area contributed by atoms with Crippen molar-refractivity contribution in [2.75, 3.05) is 6.61 Å². The van der Waals surface area contributed by atoms with Crippen LogP contribution in [0.1, 0.15) is 25.8 Å². The molecule has 114 valence electrons. The van der Waals surface area contributed by atoms with Crippen LogP contribution in [-0.4, -0.2) is 25.7 Å². The molecule has 0 saturated carbocycles. The molecule has 0 aliphatic carbocycles. The van der Waals surface area contributed by atoms with Crippen LogP contribution in [0.15, 0.2) is 29.2 Å². The molecule has 0 aromatic heterocycles. The number of alkyl halides is 3. The minimum absolute atomic E-state index is 0.187. The van der Waals surface area contributed by atoms with Gasteiger partial charge in [-0.25, -0.2) is 13.1 Å². The topological polar surface area (TPSA) is 66.4 Å². The Bertz CT molecular complexity index is 550. The Labute approximate surface area is 115 Å². The normalized spacial score (nSPS) is 13.5. The smallest absolute Gasteiger partial charge is 0.396 e. The molecule has 1 aromatic carbocycles. The molecule has 0 aliphatic heterocycles. The van der Waals surface area contributed by atoms with Gasteiger partial charge >= 0.3 is 6.18 Å². The van der Waals surface area contributed by atoms with Crippen LogP contribution in [-0.2, 0) is 16.2 Å². The van der Waals surface area contributed by atoms with Crippen molar-refractivity contribution in [2.24, 2.45) is 0 Å². The molecule has 0 bridgehead atoms. The fraction of sp³-hybridized carbons (Fsp3) is 0.500. The van der Waals surface area contributed by atoms with Crippen LogP contribution >= 0.6 is 0 Å². The minimum Gasteiger partial charge on any atom is -0.396 e. The van der Waals surface area contributed by atoms with Crippen LogP contribution < -0.4 is 4.72 Å². The number of benzene rings is 1. The van der Waals surface area contributed by atoms with Gasteiger partial charge in [-0.05, 0) is 44.5 Å². The van der Waals surface area contributed by atoms with E-state index in [9.17, 15) is 21.6 Å². The Kier molecular flexibility index (Phi) is 4.83. The van der Waals surface area contributed by atoms with Crippen LogP contribution in [0.25, 0.3) is 0 Å². The highest BCUT2D eigenvalue weighted by atomic mass is 32.2. The molecule has 0 radical (unpaired) electrons. The monoisotopic (exact) mass is 311 g/mol. The maximum absolute atomic E-state index is 12.4. The summed E-state index contributed by atoms with van der Waals surface area (Å²) >= 11 is 0. The highest BCUT2D eigenvalue weighted by Gasteiger charge is 2.31. The van der Waals surface area contributed by atoms with E-state index in [1.807, 2.05) is 0 Å². The number of hydrogen-bond donors (Lipinski definition) is 2. The van der Waals surface area contributed by atoms with E-state index in [2.05, 4.69) is 4.72 Å². The summed E-state index contributed by atoms with van der Waals surface area (Å²) in [6, 6.07) is 3.24. The molecule has 4 nitrogen and oxygen atoms in total. The van der Waals surface area contributed by atoms with Crippen molar-refractivity contribution in [1.29, 1.82) is 0 Å². The van der Waals surface area contributed by atoms with Gasteiger partial charge in [0.2, 0.25) is 10.0 Å². The molecule has 0 spiro atoms. The molecular weight excluding hydrogens is 295 g/mol. The number of halogens is 3. The van der Waals surface area contributed by atoms with E-state index in [0.717, 1.165) is 12.1 Å². The molecule has 1 aromatic rings. The van der Waals surface area contributed by atoms with E-state index in [4.69, 9.17) is 5.11 Å². The second-order valence-corrected chi connectivity index (χ2v) is 6.67. The van der Waals surface area contributed by atoms with E-state index >= 15 is 0 Å². The predicted octanol–water partition coefficient (Wildman–Crippen LogP) is 2.14. The number of nitrogens with one attached hydrogen (secondary N) is 1. The molecule has 0 amide bonds. The van der Waals surface area contributed by atoms with Crippen molar-refractivity contribution in [3.8, 4) is 0 Å². The third-order valence-corrected chi connectivity index (χ3v) is 4.35. The lowest BCUT2D eigenvalue weighted by Gasteiger charge is -2.25. The third-order valence-electron chi connectivity index (χ3n) is 2.64. The van der Waals surface area contributed by atoms with Crippen molar-refractivity contribution >= 4 is 10.0 Å². The average Bonchev–Trinajstić information content (AvgIpc) is 2.26. The zero-order valence-electron chi connectivity index (χ0n) is 11.0. The second kappa shape index (κ2) is 5.71. The fourth-order valence-corrected chi connectivity index (χ4v) is 3.02. The summed E-state index contributed by atoms with van der Waals surface area (Å²) in [7, 11) is -3.93. The van der Waals surface area contributed by atoms with Crippen LogP contribution in [0.3, 0.4) is 0 Å². The molecule has 1 rings (SSSR count). The zero-order chi connectivity index (χ0) is 15.6. The van der Waals surface area contributed by atoms with Gasteiger partial charge in [0.25, 0.3) is 0 Å². The van der Waals surface area contributed by atoms with Crippen LogP contribution in [0, 0.1) is 0 Å². The minimum atomic E-state index is -4.51. The third kappa shape index (κ3) is 4.46. The summed E-state index contributed by atoms with van der Waals surface area (Å²) in [5.74, 6) is 0. The Morgan fingerprint density at radius 3 is 2.05 bits per heavy atom. The summed E-state index contributed by atoms with van der Waals surface area (Å²) in [4.78, 5) is -0.253. The van der Waals surface area contributed by atoms with E-state index in [-0.39, 0.29) is 17.9 Å². The van der Waals surface area contributed by atoms with Crippen LogP contribution in [0.2, 0.25) is 0 Å². The Hall–Kier alpha value is -1.12. The Morgan fingerprint density at radius 1 is 1.15 bits per heavy atom. The molecule has 8 heteroatoms. The molecule has 0 saturated heterocycles. The number of aliphatic hydroxyl groups excluding tert-OH is 1. The summed E-state index contributed by atoms with van der Waals surface area (Å²) in [6.07, 6.45) is -4.32. The van der Waals surface area contributed by atoms with Gasteiger partial charge in [0.15, 0.2) is 0 Å². The van der Waals surface area contributed by atoms with Crippen molar-refractivity contribution < 1.29 is 26.7 Å². The lowest BCUT2D eigenvalue weighted by Crippen LogP contribution is -2.43. The van der Waals surface area contributed by atoms with E-state index < -0.39 is 27.3 Å². The number of hydrogen-bond acceptors (Lipinski definition) is 3. The number of aliphatic hydroxyl groups is 1. The molecule has 2 N–H and O–H groups in total. The average molecular weight is 311 g/mol. The zero-order valence-corrected chi connectivity index (χ0v) is 11.8. The summed E-state index contributed by atoms with van der Waals surface area (Å²) in [5.41, 5.74) is -1.80. The predicted molar refractivity (Wildman–Crippen MR) is 67.5 cm³/mol. The lowest BCUT2D eigenvalue weighted by atomic mass is 10.0. The van der Waals surface area contributed by atoms with Gasteiger partial charge < -0.3 is 5.11 Å². The fourth-order valence-electron chi connectivity index (χ4n) is 1.58. The lowest BCUT2D eigenvalue weighted by molar-refractivity contribution is -0.137. The van der Waals surface area contributed by atoms with Gasteiger partial charge in [-0.15, -0.1) is 0 Å². The first kappa shape index (κ1) is 16.9. The highest BCUT2D eigenvalue weighted by molar-refractivity contribution is 7.89. The van der Waals surface area contributed by atoms with Gasteiger partial charge in [0, 0.05) is 12.1 Å². The van der Waals surface area contributed by atoms with Crippen molar-refractivity contribution in [1.82, 2.24) is 4.72 Å². The van der Waals surface area contributed by atoms with Gasteiger partial charge in [-0.3, -0.25) is 0 Å². The molecule has 20 heavy (non-hydrogen) atoms. The number of rotatable bonds is 5. The van der Waals surface area contributed by atoms with E-state index in [1.165, 1.54) is 0 Å². The van der Waals surface area contributed by atoms with Crippen molar-refractivity contribution in [3.63, 3.8) is 0 Å². The standard InChI is InChI=1S/C12H16F3NO3S/c1-11(2,7-8-17)16-20(18,19)10-5-3-9(4-6-10)12(13,14)15/h3-6,16-17H,7-8H2,1-2H3. The first-order chi connectivity index (χ1) is 8.98. The van der Waals surface area contributed by atoms with Crippen LogP contribution in [0.5, 0.6) is 0 Å². The van der Waals surface area contributed by atoms with E-state index in [1.54, 1.807) is 13.8 Å². The molecule has 0 atom stereocenters. The maximum atomic E-state index is 12.4. The maximum Gasteiger partial charge on any atom is 0.416 e. The van der Waals surface area contributed by atoms with Crippen molar-refractivity contribution in [3.05, 3.63) is 29.8 Å². The van der Waals surface area contributed by atoms with Gasteiger partial charge in [0.05, 0.1) is 10.5 Å². The molecule has 0 heterocycles. The summed E-state index contributed by atoms with van der Waals surface area (Å²) in [5, 5.41) is 8.84. The summed E-state index contributed by atoms with van der Waals surface area (Å²) < 4.78 is 63.5. The second-order valence-electron chi connectivity index (χ2n) is 4.99.